The van der Waals surface area contributed by atoms with Crippen LogP contribution in [0.5, 0.6) is 0 Å². The molecule has 1 heterocycles. The van der Waals surface area contributed by atoms with Gasteiger partial charge in [0.05, 0.1) is 5.56 Å². The van der Waals surface area contributed by atoms with Gasteiger partial charge in [0.15, 0.2) is 0 Å². The number of aliphatic hydroxyl groups excluding tert-OH is 1. The fraction of sp³-hybridized carbons (Fsp3) is 0.188. The zero-order valence-electron chi connectivity index (χ0n) is 11.4. The van der Waals surface area contributed by atoms with Gasteiger partial charge in [-0.05, 0) is 37.6 Å². The molecule has 0 bridgehead atoms. The van der Waals surface area contributed by atoms with Crippen LogP contribution >= 0.6 is 0 Å². The molecule has 0 aliphatic carbocycles. The van der Waals surface area contributed by atoms with Crippen molar-refractivity contribution < 1.29 is 14.3 Å². The molecular formula is C16H15NO3. The van der Waals surface area contributed by atoms with Gasteiger partial charge >= 0.3 is 0 Å². The van der Waals surface area contributed by atoms with Crippen LogP contribution in [-0.4, -0.2) is 17.6 Å². The van der Waals surface area contributed by atoms with E-state index in [1.807, 2.05) is 19.1 Å². The first kappa shape index (κ1) is 13.9. The second kappa shape index (κ2) is 6.09. The lowest BCUT2D eigenvalue weighted by atomic mass is 10.1. The molecular weight excluding hydrogens is 254 g/mol. The van der Waals surface area contributed by atoms with Crippen LogP contribution in [0.2, 0.25) is 0 Å². The van der Waals surface area contributed by atoms with E-state index in [0.717, 1.165) is 11.1 Å². The normalized spacial score (nSPS) is 9.75. The molecule has 4 nitrogen and oxygen atoms in total. The van der Waals surface area contributed by atoms with E-state index in [9.17, 15) is 4.79 Å². The number of aryl methyl sites for hydroxylation is 2. The summed E-state index contributed by atoms with van der Waals surface area (Å²) >= 11 is 0. The third-order valence-corrected chi connectivity index (χ3v) is 2.79. The Kier molecular flexibility index (Phi) is 4.24. The second-order valence-electron chi connectivity index (χ2n) is 4.39. The Labute approximate surface area is 117 Å². The van der Waals surface area contributed by atoms with Crippen molar-refractivity contribution in [2.75, 3.05) is 11.9 Å². The monoisotopic (exact) mass is 269 g/mol. The first-order valence-corrected chi connectivity index (χ1v) is 6.17. The van der Waals surface area contributed by atoms with Crippen molar-refractivity contribution in [2.45, 2.75) is 13.8 Å². The summed E-state index contributed by atoms with van der Waals surface area (Å²) in [7, 11) is 0. The number of aliphatic hydroxyl groups is 1. The maximum absolute atomic E-state index is 12.1. The zero-order valence-corrected chi connectivity index (χ0v) is 11.4. The van der Waals surface area contributed by atoms with Gasteiger partial charge in [-0.25, -0.2) is 0 Å². The van der Waals surface area contributed by atoms with E-state index in [1.165, 1.54) is 6.26 Å². The average Bonchev–Trinajstić information content (AvgIpc) is 2.86. The van der Waals surface area contributed by atoms with Crippen LogP contribution in [0.1, 0.15) is 27.2 Å². The van der Waals surface area contributed by atoms with E-state index in [4.69, 9.17) is 9.52 Å². The topological polar surface area (TPSA) is 62.5 Å². The number of carbonyl (C=O) groups excluding carboxylic acids is 1. The van der Waals surface area contributed by atoms with Crippen LogP contribution in [0.15, 0.2) is 34.9 Å². The van der Waals surface area contributed by atoms with Crippen molar-refractivity contribution >= 4 is 11.6 Å². The molecule has 0 atom stereocenters. The molecule has 1 amide bonds. The van der Waals surface area contributed by atoms with Crippen LogP contribution in [0, 0.1) is 25.7 Å². The molecule has 0 unspecified atom stereocenters. The zero-order chi connectivity index (χ0) is 14.5. The van der Waals surface area contributed by atoms with Gasteiger partial charge in [0.25, 0.3) is 5.91 Å². The molecule has 2 aromatic rings. The Morgan fingerprint density at radius 3 is 2.80 bits per heavy atom. The number of carbonyl (C=O) groups is 1. The largest absolute Gasteiger partial charge is 0.469 e. The number of hydrogen-bond donors (Lipinski definition) is 2. The summed E-state index contributed by atoms with van der Waals surface area (Å²) < 4.78 is 5.12. The van der Waals surface area contributed by atoms with E-state index < -0.39 is 0 Å². The number of furan rings is 1. The lowest BCUT2D eigenvalue weighted by Gasteiger charge is -2.07. The van der Waals surface area contributed by atoms with Gasteiger partial charge in [0.2, 0.25) is 0 Å². The van der Waals surface area contributed by atoms with Gasteiger partial charge in [0, 0.05) is 11.3 Å². The number of amides is 1. The molecule has 2 N–H and O–H groups in total. The number of benzene rings is 1. The Hall–Kier alpha value is -2.51. The van der Waals surface area contributed by atoms with E-state index >= 15 is 0 Å². The van der Waals surface area contributed by atoms with Crippen LogP contribution < -0.4 is 5.32 Å². The number of anilines is 1. The molecule has 1 aromatic carbocycles. The third kappa shape index (κ3) is 3.28. The standard InChI is InChI=1S/C16H15NO3/c1-11-5-6-13(4-3-7-18)9-15(11)17-16(19)14-8-12(2)20-10-14/h5-6,8-10,18H,7H2,1-2H3,(H,17,19). The summed E-state index contributed by atoms with van der Waals surface area (Å²) in [6, 6.07) is 7.18. The van der Waals surface area contributed by atoms with E-state index in [2.05, 4.69) is 17.2 Å². The van der Waals surface area contributed by atoms with Gasteiger partial charge in [-0.2, -0.15) is 0 Å². The molecule has 102 valence electrons. The molecule has 0 aliphatic rings. The van der Waals surface area contributed by atoms with E-state index in [1.54, 1.807) is 19.1 Å². The number of rotatable bonds is 2. The van der Waals surface area contributed by atoms with Crippen molar-refractivity contribution in [1.82, 2.24) is 0 Å². The van der Waals surface area contributed by atoms with Gasteiger partial charge < -0.3 is 14.8 Å². The lowest BCUT2D eigenvalue weighted by molar-refractivity contribution is 0.102. The summed E-state index contributed by atoms with van der Waals surface area (Å²) in [4.78, 5) is 12.1. The summed E-state index contributed by atoms with van der Waals surface area (Å²) in [5, 5.41) is 11.5. The summed E-state index contributed by atoms with van der Waals surface area (Å²) in [5.41, 5.74) is 2.85. The Balaban J connectivity index is 2.22. The van der Waals surface area contributed by atoms with Gasteiger partial charge in [-0.1, -0.05) is 17.9 Å². The quantitative estimate of drug-likeness (QED) is 0.823. The molecule has 0 spiro atoms. The summed E-state index contributed by atoms with van der Waals surface area (Å²) in [6.07, 6.45) is 1.43. The Bertz CT molecular complexity index is 689. The molecule has 1 aromatic heterocycles. The minimum absolute atomic E-state index is 0.191. The third-order valence-electron chi connectivity index (χ3n) is 2.79. The molecule has 4 heteroatoms. The number of nitrogens with one attached hydrogen (secondary N) is 1. The fourth-order valence-electron chi connectivity index (χ4n) is 1.73. The van der Waals surface area contributed by atoms with Gasteiger partial charge in [-0.15, -0.1) is 0 Å². The predicted molar refractivity (Wildman–Crippen MR) is 76.5 cm³/mol. The lowest BCUT2D eigenvalue weighted by Crippen LogP contribution is -2.12. The summed E-state index contributed by atoms with van der Waals surface area (Å²) in [6.45, 7) is 3.50. The van der Waals surface area contributed by atoms with Gasteiger partial charge in [0.1, 0.15) is 18.6 Å². The van der Waals surface area contributed by atoms with E-state index in [0.29, 0.717) is 17.0 Å². The fourth-order valence-corrected chi connectivity index (χ4v) is 1.73. The first-order chi connectivity index (χ1) is 9.60. The molecule has 0 saturated carbocycles. The highest BCUT2D eigenvalue weighted by Gasteiger charge is 2.10. The van der Waals surface area contributed by atoms with Crippen LogP contribution in [0.3, 0.4) is 0 Å². The Morgan fingerprint density at radius 2 is 2.15 bits per heavy atom. The molecule has 0 radical (unpaired) electrons. The molecule has 2 rings (SSSR count). The number of hydrogen-bond acceptors (Lipinski definition) is 3. The van der Waals surface area contributed by atoms with Crippen LogP contribution in [0.25, 0.3) is 0 Å². The average molecular weight is 269 g/mol. The molecule has 0 saturated heterocycles. The highest BCUT2D eigenvalue weighted by Crippen LogP contribution is 2.18. The minimum Gasteiger partial charge on any atom is -0.469 e. The molecule has 0 aliphatic heterocycles. The SMILES string of the molecule is Cc1cc(C(=O)Nc2cc(C#CCO)ccc2C)co1. The minimum atomic E-state index is -0.225. The maximum atomic E-state index is 12.1. The molecule has 20 heavy (non-hydrogen) atoms. The first-order valence-electron chi connectivity index (χ1n) is 6.17. The smallest absolute Gasteiger partial charge is 0.258 e. The summed E-state index contributed by atoms with van der Waals surface area (Å²) in [5.74, 6) is 5.85. The molecule has 0 fully saturated rings. The predicted octanol–water partition coefficient (Wildman–Crippen LogP) is 2.49. The van der Waals surface area contributed by atoms with Crippen molar-refractivity contribution in [2.24, 2.45) is 0 Å². The second-order valence-corrected chi connectivity index (χ2v) is 4.39. The van der Waals surface area contributed by atoms with Crippen molar-refractivity contribution in [3.8, 4) is 11.8 Å². The highest BCUT2D eigenvalue weighted by atomic mass is 16.3. The Morgan fingerprint density at radius 1 is 1.35 bits per heavy atom. The van der Waals surface area contributed by atoms with Crippen LogP contribution in [-0.2, 0) is 0 Å². The van der Waals surface area contributed by atoms with Crippen LogP contribution in [0.4, 0.5) is 5.69 Å². The van der Waals surface area contributed by atoms with Crippen molar-refractivity contribution in [3.63, 3.8) is 0 Å². The van der Waals surface area contributed by atoms with Gasteiger partial charge in [-0.3, -0.25) is 4.79 Å². The van der Waals surface area contributed by atoms with E-state index in [-0.39, 0.29) is 12.5 Å². The highest BCUT2D eigenvalue weighted by molar-refractivity contribution is 6.04. The van der Waals surface area contributed by atoms with Crippen molar-refractivity contribution in [1.29, 1.82) is 0 Å². The maximum Gasteiger partial charge on any atom is 0.258 e. The van der Waals surface area contributed by atoms with Crippen molar-refractivity contribution in [3.05, 3.63) is 53.0 Å².